The number of hydrogen-bond donors (Lipinski definition) is 1. The molecule has 13 heavy (non-hydrogen) atoms. The average Bonchev–Trinajstić information content (AvgIpc) is 2.05. The summed E-state index contributed by atoms with van der Waals surface area (Å²) in [5, 5.41) is 0. The van der Waals surface area contributed by atoms with Crippen molar-refractivity contribution >= 4 is 58.3 Å². The fraction of sp³-hybridized carbons (Fsp3) is 0.143. The largest absolute Gasteiger partial charge is 0.755 e. The Morgan fingerprint density at radius 2 is 1.92 bits per heavy atom. The fourth-order valence-electron chi connectivity index (χ4n) is 0.755. The summed E-state index contributed by atoms with van der Waals surface area (Å²) in [7, 11) is 0. The number of anilines is 1. The molecule has 3 nitrogen and oxygen atoms in total. The predicted octanol–water partition coefficient (Wildman–Crippen LogP) is 1.23. The molecular formula is C7H8NNaO2S2-. The van der Waals surface area contributed by atoms with Gasteiger partial charge in [0.1, 0.15) is 0 Å². The molecule has 0 spiro atoms. The van der Waals surface area contributed by atoms with E-state index >= 15 is 0 Å². The topological polar surface area (TPSA) is 52.2 Å². The normalized spacial score (nSPS) is 11.5. The summed E-state index contributed by atoms with van der Waals surface area (Å²) in [4.78, 5) is 1.11. The third-order valence-electron chi connectivity index (χ3n) is 1.29. The predicted molar refractivity (Wildman–Crippen MR) is 56.5 cm³/mol. The van der Waals surface area contributed by atoms with Crippen LogP contribution >= 0.6 is 11.8 Å². The van der Waals surface area contributed by atoms with Crippen LogP contribution in [0.2, 0.25) is 0 Å². The number of rotatable bonds is 3. The van der Waals surface area contributed by atoms with E-state index in [1.54, 1.807) is 23.9 Å². The van der Waals surface area contributed by atoms with Crippen molar-refractivity contribution in [3.8, 4) is 0 Å². The molecule has 67 valence electrons. The van der Waals surface area contributed by atoms with Crippen LogP contribution < -0.4 is 4.72 Å². The molecule has 1 aromatic carbocycles. The van der Waals surface area contributed by atoms with Crippen molar-refractivity contribution in [1.29, 1.82) is 0 Å². The van der Waals surface area contributed by atoms with Crippen molar-refractivity contribution in [3.05, 3.63) is 24.3 Å². The molecule has 1 unspecified atom stereocenters. The fourth-order valence-corrected chi connectivity index (χ4v) is 1.49. The first kappa shape index (κ1) is 13.5. The molecule has 0 heterocycles. The van der Waals surface area contributed by atoms with E-state index in [0.717, 1.165) is 4.90 Å². The maximum Gasteiger partial charge on any atom is 0.0453 e. The Morgan fingerprint density at radius 1 is 1.38 bits per heavy atom. The third kappa shape index (κ3) is 5.05. The summed E-state index contributed by atoms with van der Waals surface area (Å²) in [5.41, 5.74) is 0.584. The van der Waals surface area contributed by atoms with Gasteiger partial charge in [-0.25, -0.2) is 0 Å². The summed E-state index contributed by atoms with van der Waals surface area (Å²) in [6, 6.07) is 7.17. The molecule has 6 heteroatoms. The van der Waals surface area contributed by atoms with Crippen molar-refractivity contribution < 1.29 is 8.76 Å². The molecule has 0 aliphatic rings. The molecular weight excluding hydrogens is 217 g/mol. The van der Waals surface area contributed by atoms with Crippen molar-refractivity contribution in [1.82, 2.24) is 0 Å². The molecule has 0 saturated heterocycles. The average molecular weight is 225 g/mol. The van der Waals surface area contributed by atoms with E-state index in [9.17, 15) is 8.76 Å². The van der Waals surface area contributed by atoms with Gasteiger partial charge in [-0.05, 0) is 30.5 Å². The molecule has 1 aromatic rings. The van der Waals surface area contributed by atoms with Gasteiger partial charge in [0.05, 0.1) is 0 Å². The first-order valence-corrected chi connectivity index (χ1v) is 5.52. The van der Waals surface area contributed by atoms with Gasteiger partial charge in [-0.3, -0.25) is 4.21 Å². The van der Waals surface area contributed by atoms with Crippen molar-refractivity contribution in [2.45, 2.75) is 4.90 Å². The van der Waals surface area contributed by atoms with Crippen LogP contribution in [0.5, 0.6) is 0 Å². The van der Waals surface area contributed by atoms with Crippen LogP contribution in [0.1, 0.15) is 0 Å². The minimum Gasteiger partial charge on any atom is -0.755 e. The zero-order valence-electron chi connectivity index (χ0n) is 7.44. The number of thioether (sulfide) groups is 1. The van der Waals surface area contributed by atoms with Gasteiger partial charge in [-0.15, -0.1) is 11.8 Å². The Morgan fingerprint density at radius 3 is 2.31 bits per heavy atom. The van der Waals surface area contributed by atoms with Gasteiger partial charge in [0.25, 0.3) is 0 Å². The molecule has 0 aliphatic heterocycles. The van der Waals surface area contributed by atoms with Crippen LogP contribution in [0.4, 0.5) is 5.69 Å². The van der Waals surface area contributed by atoms with Crippen molar-refractivity contribution in [2.75, 3.05) is 11.0 Å². The minimum atomic E-state index is -2.23. The second kappa shape index (κ2) is 6.86. The van der Waals surface area contributed by atoms with Gasteiger partial charge in [0.15, 0.2) is 0 Å². The molecule has 1 rings (SSSR count). The van der Waals surface area contributed by atoms with Gasteiger partial charge < -0.3 is 9.27 Å². The monoisotopic (exact) mass is 225 g/mol. The molecule has 0 saturated carbocycles. The summed E-state index contributed by atoms with van der Waals surface area (Å²) in [6.07, 6.45) is 1.97. The van der Waals surface area contributed by atoms with Gasteiger partial charge in [0, 0.05) is 51.4 Å². The first-order chi connectivity index (χ1) is 5.72. The first-order valence-electron chi connectivity index (χ1n) is 3.22. The zero-order chi connectivity index (χ0) is 8.97. The van der Waals surface area contributed by atoms with Crippen LogP contribution in [0, 0.1) is 0 Å². The van der Waals surface area contributed by atoms with Gasteiger partial charge in [0.2, 0.25) is 0 Å². The van der Waals surface area contributed by atoms with Crippen molar-refractivity contribution in [3.63, 3.8) is 0 Å². The summed E-state index contributed by atoms with van der Waals surface area (Å²) >= 11 is -0.617. The van der Waals surface area contributed by atoms with E-state index in [-0.39, 0.29) is 29.6 Å². The van der Waals surface area contributed by atoms with E-state index in [2.05, 4.69) is 4.72 Å². The molecule has 0 fully saturated rings. The summed E-state index contributed by atoms with van der Waals surface area (Å²) in [5.74, 6) is 0. The second-order valence-electron chi connectivity index (χ2n) is 2.07. The third-order valence-corrected chi connectivity index (χ3v) is 2.44. The maximum absolute atomic E-state index is 10.2. The van der Waals surface area contributed by atoms with Crippen LogP contribution in [-0.4, -0.2) is 44.6 Å². The quantitative estimate of drug-likeness (QED) is 0.478. The Bertz CT molecular complexity index is 278. The van der Waals surface area contributed by atoms with Crippen LogP contribution in [0.25, 0.3) is 0 Å². The molecule has 0 amide bonds. The Labute approximate surface area is 106 Å². The second-order valence-corrected chi connectivity index (χ2v) is 3.62. The molecule has 0 bridgehead atoms. The number of hydrogen-bond acceptors (Lipinski definition) is 3. The van der Waals surface area contributed by atoms with E-state index < -0.39 is 11.3 Å². The molecule has 1 radical (unpaired) electrons. The van der Waals surface area contributed by atoms with Crippen LogP contribution in [-0.2, 0) is 11.3 Å². The Kier molecular flexibility index (Phi) is 7.12. The SMILES string of the molecule is CSc1ccc(NS(=O)[O-])cc1.[Na]. The van der Waals surface area contributed by atoms with E-state index in [0.29, 0.717) is 5.69 Å². The molecule has 0 aromatic heterocycles. The standard InChI is InChI=1S/C7H9NO2S2.Na/c1-11-7-4-2-6(3-5-7)8-12(9)10;/h2-5,8H,1H3,(H,9,10);/p-1. The van der Waals surface area contributed by atoms with Gasteiger partial charge >= 0.3 is 0 Å². The molecule has 1 atom stereocenters. The zero-order valence-corrected chi connectivity index (χ0v) is 11.1. The number of benzene rings is 1. The Balaban J connectivity index is 0.00000144. The van der Waals surface area contributed by atoms with Crippen LogP contribution in [0.15, 0.2) is 29.2 Å². The Hall–Kier alpha value is 0.480. The van der Waals surface area contributed by atoms with Gasteiger partial charge in [-0.2, -0.15) is 0 Å². The van der Waals surface area contributed by atoms with Crippen molar-refractivity contribution in [2.24, 2.45) is 0 Å². The number of nitrogens with one attached hydrogen (secondary N) is 1. The minimum absolute atomic E-state index is 0. The summed E-state index contributed by atoms with van der Waals surface area (Å²) in [6.45, 7) is 0. The van der Waals surface area contributed by atoms with Gasteiger partial charge in [-0.1, -0.05) is 0 Å². The van der Waals surface area contributed by atoms with Crippen LogP contribution in [0.3, 0.4) is 0 Å². The molecule has 0 aliphatic carbocycles. The van der Waals surface area contributed by atoms with E-state index in [4.69, 9.17) is 0 Å². The van der Waals surface area contributed by atoms with E-state index in [1.165, 1.54) is 0 Å². The summed E-state index contributed by atoms with van der Waals surface area (Å²) < 4.78 is 22.7. The molecule has 1 N–H and O–H groups in total. The van der Waals surface area contributed by atoms with E-state index in [1.807, 2.05) is 18.4 Å². The smallest absolute Gasteiger partial charge is 0.0453 e. The maximum atomic E-state index is 10.2.